The molecule has 98 valence electrons. The monoisotopic (exact) mass is 317 g/mol. The zero-order valence-electron chi connectivity index (χ0n) is 10.1. The van der Waals surface area contributed by atoms with Crippen molar-refractivity contribution in [3.8, 4) is 0 Å². The minimum atomic E-state index is -0.498. The number of hydrogen-bond donors (Lipinski definition) is 0. The Morgan fingerprint density at radius 3 is 2.72 bits per heavy atom. The molecule has 1 aromatic carbocycles. The number of rotatable bonds is 4. The second-order valence-corrected chi connectivity index (χ2v) is 4.45. The van der Waals surface area contributed by atoms with Crippen molar-refractivity contribution in [3.05, 3.63) is 34.1 Å². The lowest BCUT2D eigenvalue weighted by Gasteiger charge is -2.17. The topological polar surface area (TPSA) is 46.6 Å². The number of carbonyl (C=O) groups is 2. The van der Waals surface area contributed by atoms with Gasteiger partial charge in [0.25, 0.3) is 5.91 Å². The van der Waals surface area contributed by atoms with E-state index in [-0.39, 0.29) is 28.9 Å². The molecule has 0 aromatic heterocycles. The molecular formula is C12H13BrFNO3. The van der Waals surface area contributed by atoms with Crippen LogP contribution in [0.4, 0.5) is 4.39 Å². The van der Waals surface area contributed by atoms with Crippen molar-refractivity contribution >= 4 is 27.8 Å². The van der Waals surface area contributed by atoms with Gasteiger partial charge in [0.15, 0.2) is 0 Å². The Bertz CT molecular complexity index is 465. The number of nitrogens with zero attached hydrogens (tertiary/aromatic N) is 1. The lowest BCUT2D eigenvalue weighted by Crippen LogP contribution is -2.29. The van der Waals surface area contributed by atoms with Gasteiger partial charge in [-0.05, 0) is 28.1 Å². The van der Waals surface area contributed by atoms with Gasteiger partial charge in [0.2, 0.25) is 0 Å². The van der Waals surface area contributed by atoms with E-state index >= 15 is 0 Å². The Morgan fingerprint density at radius 2 is 2.11 bits per heavy atom. The summed E-state index contributed by atoms with van der Waals surface area (Å²) in [5.41, 5.74) is 0.224. The fourth-order valence-corrected chi connectivity index (χ4v) is 1.77. The predicted molar refractivity (Wildman–Crippen MR) is 67.7 cm³/mol. The first-order valence-electron chi connectivity index (χ1n) is 5.23. The molecule has 0 spiro atoms. The number of amides is 1. The van der Waals surface area contributed by atoms with Crippen LogP contribution in [0.1, 0.15) is 16.8 Å². The van der Waals surface area contributed by atoms with Gasteiger partial charge >= 0.3 is 5.97 Å². The SMILES string of the molecule is COC(=O)CCN(C)C(=O)c1cccc(F)c1Br. The van der Waals surface area contributed by atoms with Crippen LogP contribution in [0.15, 0.2) is 22.7 Å². The van der Waals surface area contributed by atoms with E-state index in [4.69, 9.17) is 0 Å². The maximum absolute atomic E-state index is 13.3. The van der Waals surface area contributed by atoms with Gasteiger partial charge in [0.05, 0.1) is 23.6 Å². The standard InChI is InChI=1S/C12H13BrFNO3/c1-15(7-6-10(16)18-2)12(17)8-4-3-5-9(14)11(8)13/h3-5H,6-7H2,1-2H3. The fourth-order valence-electron chi connectivity index (χ4n) is 1.34. The van der Waals surface area contributed by atoms with Crippen molar-refractivity contribution in [2.45, 2.75) is 6.42 Å². The Balaban J connectivity index is 2.74. The number of hydrogen-bond acceptors (Lipinski definition) is 3. The first-order chi connectivity index (χ1) is 8.47. The summed E-state index contributed by atoms with van der Waals surface area (Å²) >= 11 is 3.03. The van der Waals surface area contributed by atoms with Gasteiger partial charge in [-0.3, -0.25) is 9.59 Å². The Kier molecular flexibility index (Phi) is 5.27. The summed E-state index contributed by atoms with van der Waals surface area (Å²) in [4.78, 5) is 24.3. The fraction of sp³-hybridized carbons (Fsp3) is 0.333. The third kappa shape index (κ3) is 3.53. The molecule has 0 bridgehead atoms. The van der Waals surface area contributed by atoms with E-state index in [0.717, 1.165) is 0 Å². The van der Waals surface area contributed by atoms with E-state index in [2.05, 4.69) is 20.7 Å². The molecule has 0 radical (unpaired) electrons. The van der Waals surface area contributed by atoms with Crippen molar-refractivity contribution in [1.82, 2.24) is 4.90 Å². The highest BCUT2D eigenvalue weighted by Crippen LogP contribution is 2.21. The van der Waals surface area contributed by atoms with Crippen LogP contribution in [0, 0.1) is 5.82 Å². The molecule has 0 atom stereocenters. The average molecular weight is 318 g/mol. The molecule has 0 N–H and O–H groups in total. The van der Waals surface area contributed by atoms with Gasteiger partial charge in [-0.2, -0.15) is 0 Å². The highest BCUT2D eigenvalue weighted by molar-refractivity contribution is 9.10. The highest BCUT2D eigenvalue weighted by atomic mass is 79.9. The van der Waals surface area contributed by atoms with Crippen LogP contribution in [-0.2, 0) is 9.53 Å². The van der Waals surface area contributed by atoms with E-state index < -0.39 is 11.8 Å². The van der Waals surface area contributed by atoms with Crippen molar-refractivity contribution in [2.75, 3.05) is 20.7 Å². The minimum absolute atomic E-state index is 0.103. The van der Waals surface area contributed by atoms with Crippen LogP contribution >= 0.6 is 15.9 Å². The van der Waals surface area contributed by atoms with E-state index in [9.17, 15) is 14.0 Å². The molecule has 4 nitrogen and oxygen atoms in total. The number of ether oxygens (including phenoxy) is 1. The van der Waals surface area contributed by atoms with Crippen molar-refractivity contribution < 1.29 is 18.7 Å². The van der Waals surface area contributed by atoms with Gasteiger partial charge < -0.3 is 9.64 Å². The molecule has 18 heavy (non-hydrogen) atoms. The van der Waals surface area contributed by atoms with Gasteiger partial charge in [-0.15, -0.1) is 0 Å². The second-order valence-electron chi connectivity index (χ2n) is 3.65. The highest BCUT2D eigenvalue weighted by Gasteiger charge is 2.17. The summed E-state index contributed by atoms with van der Waals surface area (Å²) in [6, 6.07) is 4.24. The normalized spacial score (nSPS) is 10.0. The molecule has 0 saturated heterocycles. The number of benzene rings is 1. The van der Waals surface area contributed by atoms with E-state index in [0.29, 0.717) is 0 Å². The average Bonchev–Trinajstić information content (AvgIpc) is 2.37. The zero-order valence-corrected chi connectivity index (χ0v) is 11.7. The van der Waals surface area contributed by atoms with E-state index in [1.807, 2.05) is 0 Å². The zero-order chi connectivity index (χ0) is 13.7. The van der Waals surface area contributed by atoms with Crippen LogP contribution in [0.3, 0.4) is 0 Å². The summed E-state index contributed by atoms with van der Waals surface area (Å²) in [6.45, 7) is 0.217. The minimum Gasteiger partial charge on any atom is -0.469 e. The second kappa shape index (κ2) is 6.49. The summed E-state index contributed by atoms with van der Waals surface area (Å²) in [7, 11) is 2.83. The lowest BCUT2D eigenvalue weighted by atomic mass is 10.2. The molecule has 0 saturated carbocycles. The number of esters is 1. The van der Waals surface area contributed by atoms with Crippen molar-refractivity contribution in [3.63, 3.8) is 0 Å². The summed E-state index contributed by atoms with van der Waals surface area (Å²) in [6.07, 6.45) is 0.103. The summed E-state index contributed by atoms with van der Waals surface area (Å²) in [5.74, 6) is -1.25. The van der Waals surface area contributed by atoms with Gasteiger partial charge in [0, 0.05) is 13.6 Å². The van der Waals surface area contributed by atoms with E-state index in [1.54, 1.807) is 7.05 Å². The van der Waals surface area contributed by atoms with Crippen LogP contribution in [0.2, 0.25) is 0 Å². The Morgan fingerprint density at radius 1 is 1.44 bits per heavy atom. The van der Waals surface area contributed by atoms with Gasteiger partial charge in [-0.1, -0.05) is 6.07 Å². The molecule has 0 fully saturated rings. The van der Waals surface area contributed by atoms with Crippen molar-refractivity contribution in [2.24, 2.45) is 0 Å². The predicted octanol–water partition coefficient (Wildman–Crippen LogP) is 2.22. The van der Waals surface area contributed by atoms with Crippen molar-refractivity contribution in [1.29, 1.82) is 0 Å². The van der Waals surface area contributed by atoms with Gasteiger partial charge in [0.1, 0.15) is 5.82 Å². The lowest BCUT2D eigenvalue weighted by molar-refractivity contribution is -0.140. The molecule has 0 heterocycles. The molecule has 0 unspecified atom stereocenters. The molecule has 1 rings (SSSR count). The Hall–Kier alpha value is -1.43. The molecule has 0 aliphatic heterocycles. The number of carbonyl (C=O) groups excluding carboxylic acids is 2. The summed E-state index contributed by atoms with van der Waals surface area (Å²) < 4.78 is 17.9. The largest absolute Gasteiger partial charge is 0.469 e. The third-order valence-electron chi connectivity index (χ3n) is 2.41. The van der Waals surface area contributed by atoms with Crippen LogP contribution in [0.25, 0.3) is 0 Å². The molecule has 6 heteroatoms. The number of halogens is 2. The molecular weight excluding hydrogens is 305 g/mol. The maximum atomic E-state index is 13.3. The van der Waals surface area contributed by atoms with Crippen LogP contribution in [-0.4, -0.2) is 37.5 Å². The molecule has 0 aliphatic carbocycles. The van der Waals surface area contributed by atoms with Crippen LogP contribution < -0.4 is 0 Å². The molecule has 1 aromatic rings. The first-order valence-corrected chi connectivity index (χ1v) is 6.03. The third-order valence-corrected chi connectivity index (χ3v) is 3.21. The van der Waals surface area contributed by atoms with Crippen LogP contribution in [0.5, 0.6) is 0 Å². The molecule has 1 amide bonds. The van der Waals surface area contributed by atoms with Gasteiger partial charge in [-0.25, -0.2) is 4.39 Å². The summed E-state index contributed by atoms with van der Waals surface area (Å²) in [5, 5.41) is 0. The maximum Gasteiger partial charge on any atom is 0.307 e. The van der Waals surface area contributed by atoms with E-state index in [1.165, 1.54) is 30.2 Å². The first kappa shape index (κ1) is 14.6. The molecule has 0 aliphatic rings. The quantitative estimate of drug-likeness (QED) is 0.800. The smallest absolute Gasteiger partial charge is 0.307 e. The Labute approximate surface area is 113 Å². The number of methoxy groups -OCH3 is 1.